The summed E-state index contributed by atoms with van der Waals surface area (Å²) in [6, 6.07) is 12.9. The van der Waals surface area contributed by atoms with Crippen LogP contribution in [0.15, 0.2) is 42.6 Å². The summed E-state index contributed by atoms with van der Waals surface area (Å²) in [6.45, 7) is 12.3. The topological polar surface area (TPSA) is 42.3 Å². The number of ether oxygens (including phenoxy) is 1. The van der Waals surface area contributed by atoms with Crippen LogP contribution in [0.3, 0.4) is 0 Å². The molecule has 1 aromatic carbocycles. The van der Waals surface area contributed by atoms with E-state index in [4.69, 9.17) is 17.0 Å². The first kappa shape index (κ1) is 22.5. The van der Waals surface area contributed by atoms with Crippen LogP contribution in [-0.2, 0) is 4.74 Å². The molecule has 32 heavy (non-hydrogen) atoms. The number of aryl methyl sites for hydroxylation is 4. The first-order valence-electron chi connectivity index (χ1n) is 11.1. The maximum absolute atomic E-state index is 5.76. The zero-order valence-electron chi connectivity index (χ0n) is 19.8. The number of pyridine rings is 1. The van der Waals surface area contributed by atoms with Gasteiger partial charge in [0.2, 0.25) is 0 Å². The van der Waals surface area contributed by atoms with Crippen LogP contribution >= 0.6 is 12.2 Å². The molecule has 0 saturated carbocycles. The molecule has 1 saturated heterocycles. The molecule has 0 aliphatic carbocycles. The van der Waals surface area contributed by atoms with Gasteiger partial charge in [-0.1, -0.05) is 23.8 Å². The highest BCUT2D eigenvalue weighted by Crippen LogP contribution is 2.41. The molecule has 0 unspecified atom stereocenters. The summed E-state index contributed by atoms with van der Waals surface area (Å²) < 4.78 is 7.79. The number of aromatic nitrogens is 2. The Morgan fingerprint density at radius 3 is 2.41 bits per heavy atom. The maximum Gasteiger partial charge on any atom is 0.170 e. The van der Waals surface area contributed by atoms with Crippen LogP contribution in [0.1, 0.15) is 51.4 Å². The van der Waals surface area contributed by atoms with Gasteiger partial charge >= 0.3 is 0 Å². The van der Waals surface area contributed by atoms with Crippen molar-refractivity contribution in [2.24, 2.45) is 0 Å². The lowest BCUT2D eigenvalue weighted by Gasteiger charge is -2.28. The van der Waals surface area contributed by atoms with Crippen molar-refractivity contribution in [3.63, 3.8) is 0 Å². The SMILES string of the molecule is COCCN1C(=S)N[C@@H](c2ccccn2)[C@@H]1c1cc(C)n(-c2c(C)cc(C)cc2C)c1C. The molecule has 168 valence electrons. The highest BCUT2D eigenvalue weighted by Gasteiger charge is 2.41. The second kappa shape index (κ2) is 9.04. The summed E-state index contributed by atoms with van der Waals surface area (Å²) in [5.41, 5.74) is 9.84. The van der Waals surface area contributed by atoms with E-state index in [1.807, 2.05) is 18.3 Å². The minimum Gasteiger partial charge on any atom is -0.383 e. The molecule has 2 atom stereocenters. The Balaban J connectivity index is 1.86. The summed E-state index contributed by atoms with van der Waals surface area (Å²) in [4.78, 5) is 6.90. The third kappa shape index (κ3) is 3.93. The predicted octanol–water partition coefficient (Wildman–Crippen LogP) is 5.03. The van der Waals surface area contributed by atoms with Crippen LogP contribution < -0.4 is 5.32 Å². The van der Waals surface area contributed by atoms with Gasteiger partial charge in [-0.25, -0.2) is 0 Å². The van der Waals surface area contributed by atoms with Gasteiger partial charge in [0.05, 0.1) is 30.1 Å². The lowest BCUT2D eigenvalue weighted by molar-refractivity contribution is 0.164. The molecule has 6 heteroatoms. The fourth-order valence-corrected chi connectivity index (χ4v) is 5.46. The van der Waals surface area contributed by atoms with E-state index in [0.29, 0.717) is 6.61 Å². The van der Waals surface area contributed by atoms with E-state index in [9.17, 15) is 0 Å². The van der Waals surface area contributed by atoms with Crippen molar-refractivity contribution in [1.82, 2.24) is 19.8 Å². The number of hydrogen-bond acceptors (Lipinski definition) is 3. The third-order valence-corrected chi connectivity index (χ3v) is 6.73. The van der Waals surface area contributed by atoms with Gasteiger partial charge in [0.15, 0.2) is 5.11 Å². The maximum atomic E-state index is 5.76. The monoisotopic (exact) mass is 448 g/mol. The van der Waals surface area contributed by atoms with Crippen LogP contribution in [0.25, 0.3) is 5.69 Å². The number of benzene rings is 1. The van der Waals surface area contributed by atoms with E-state index >= 15 is 0 Å². The van der Waals surface area contributed by atoms with E-state index in [-0.39, 0.29) is 12.1 Å². The third-order valence-electron chi connectivity index (χ3n) is 6.38. The van der Waals surface area contributed by atoms with Gasteiger partial charge in [0.1, 0.15) is 0 Å². The number of thiocarbonyl (C=S) groups is 1. The lowest BCUT2D eigenvalue weighted by atomic mass is 9.96. The predicted molar refractivity (Wildman–Crippen MR) is 133 cm³/mol. The second-order valence-corrected chi connectivity index (χ2v) is 9.11. The van der Waals surface area contributed by atoms with E-state index < -0.39 is 0 Å². The molecule has 2 aromatic heterocycles. The Hall–Kier alpha value is -2.70. The van der Waals surface area contributed by atoms with Crippen molar-refractivity contribution in [3.8, 4) is 5.69 Å². The van der Waals surface area contributed by atoms with Crippen molar-refractivity contribution in [3.05, 3.63) is 81.9 Å². The smallest absolute Gasteiger partial charge is 0.170 e. The van der Waals surface area contributed by atoms with Gasteiger partial charge in [-0.2, -0.15) is 0 Å². The molecule has 3 aromatic rings. The molecule has 5 nitrogen and oxygen atoms in total. The first-order chi connectivity index (χ1) is 15.3. The number of hydrogen-bond donors (Lipinski definition) is 1. The van der Waals surface area contributed by atoms with E-state index in [1.54, 1.807) is 7.11 Å². The number of nitrogens with one attached hydrogen (secondary N) is 1. The number of methoxy groups -OCH3 is 1. The molecule has 1 aliphatic heterocycles. The largest absolute Gasteiger partial charge is 0.383 e. The highest BCUT2D eigenvalue weighted by atomic mass is 32.1. The summed E-state index contributed by atoms with van der Waals surface area (Å²) in [6.07, 6.45) is 1.84. The van der Waals surface area contributed by atoms with Crippen LogP contribution in [0.2, 0.25) is 0 Å². The zero-order valence-corrected chi connectivity index (χ0v) is 20.6. The molecular weight excluding hydrogens is 416 g/mol. The lowest BCUT2D eigenvalue weighted by Crippen LogP contribution is -2.32. The van der Waals surface area contributed by atoms with Gasteiger partial charge in [-0.15, -0.1) is 0 Å². The normalized spacial score (nSPS) is 18.3. The average molecular weight is 449 g/mol. The van der Waals surface area contributed by atoms with Gasteiger partial charge in [0, 0.05) is 31.2 Å². The molecule has 0 radical (unpaired) electrons. The van der Waals surface area contributed by atoms with E-state index in [2.05, 4.69) is 78.7 Å². The van der Waals surface area contributed by atoms with Crippen LogP contribution in [0.5, 0.6) is 0 Å². The van der Waals surface area contributed by atoms with E-state index in [1.165, 1.54) is 39.3 Å². The van der Waals surface area contributed by atoms with Crippen LogP contribution in [0.4, 0.5) is 0 Å². The number of rotatable bonds is 6. The second-order valence-electron chi connectivity index (χ2n) is 8.72. The van der Waals surface area contributed by atoms with Crippen molar-refractivity contribution in [1.29, 1.82) is 0 Å². The minimum atomic E-state index is -0.0188. The molecule has 1 N–H and O–H groups in total. The Kier molecular flexibility index (Phi) is 6.35. The Morgan fingerprint density at radius 1 is 1.06 bits per heavy atom. The van der Waals surface area contributed by atoms with Crippen molar-refractivity contribution < 1.29 is 4.74 Å². The van der Waals surface area contributed by atoms with Gasteiger partial charge < -0.3 is 19.5 Å². The van der Waals surface area contributed by atoms with Crippen LogP contribution in [-0.4, -0.2) is 39.8 Å². The van der Waals surface area contributed by atoms with Crippen molar-refractivity contribution in [2.75, 3.05) is 20.3 Å². The Labute approximate surface area is 196 Å². The fraction of sp³-hybridized carbons (Fsp3) is 0.385. The minimum absolute atomic E-state index is 0.0188. The summed E-state index contributed by atoms with van der Waals surface area (Å²) in [5.74, 6) is 0. The summed E-state index contributed by atoms with van der Waals surface area (Å²) >= 11 is 5.76. The average Bonchev–Trinajstić information content (AvgIpc) is 3.22. The van der Waals surface area contributed by atoms with Gasteiger partial charge in [-0.05, 0) is 81.7 Å². The molecular formula is C26H32N4OS. The number of nitrogens with zero attached hydrogens (tertiary/aromatic N) is 3. The highest BCUT2D eigenvalue weighted by molar-refractivity contribution is 7.80. The molecule has 4 rings (SSSR count). The first-order valence-corrected chi connectivity index (χ1v) is 11.5. The summed E-state index contributed by atoms with van der Waals surface area (Å²) in [5, 5.41) is 4.28. The molecule has 3 heterocycles. The molecule has 0 bridgehead atoms. The Morgan fingerprint density at radius 2 is 1.78 bits per heavy atom. The molecule has 0 amide bonds. The quantitative estimate of drug-likeness (QED) is 0.536. The fourth-order valence-electron chi connectivity index (χ4n) is 5.13. The van der Waals surface area contributed by atoms with Crippen LogP contribution in [0, 0.1) is 34.6 Å². The van der Waals surface area contributed by atoms with Gasteiger partial charge in [-0.3, -0.25) is 4.98 Å². The molecule has 1 aliphatic rings. The summed E-state index contributed by atoms with van der Waals surface area (Å²) in [7, 11) is 1.73. The Bertz CT molecular complexity index is 1120. The zero-order chi connectivity index (χ0) is 23.0. The van der Waals surface area contributed by atoms with E-state index in [0.717, 1.165) is 17.4 Å². The van der Waals surface area contributed by atoms with Crippen molar-refractivity contribution >= 4 is 17.3 Å². The van der Waals surface area contributed by atoms with Gasteiger partial charge in [0.25, 0.3) is 0 Å². The standard InChI is InChI=1S/C26H32N4OS/c1-16-13-17(2)24(18(3)14-16)30-19(4)15-21(20(30)5)25-23(22-9-7-8-10-27-22)28-26(32)29(25)11-12-31-6/h7-10,13-15,23,25H,11-12H2,1-6H3,(H,28,32)/t23-,25-/m0/s1. The molecule has 1 fully saturated rings. The molecule has 0 spiro atoms. The van der Waals surface area contributed by atoms with Crippen molar-refractivity contribution in [2.45, 2.75) is 46.7 Å².